The molecular weight excluding hydrogens is 224 g/mol. The molecule has 1 saturated carbocycles. The van der Waals surface area contributed by atoms with Crippen molar-refractivity contribution in [3.05, 3.63) is 28.8 Å². The Morgan fingerprint density at radius 3 is 2.94 bits per heavy atom. The van der Waals surface area contributed by atoms with Crippen LogP contribution in [0.3, 0.4) is 0 Å². The molecule has 4 heteroatoms. The topological polar surface area (TPSA) is 56.0 Å². The van der Waals surface area contributed by atoms with E-state index in [2.05, 4.69) is 11.4 Å². The van der Waals surface area contributed by atoms with Crippen LogP contribution in [-0.2, 0) is 0 Å². The average molecular weight is 237 g/mol. The minimum Gasteiger partial charge on any atom is -0.391 e. The first-order valence-electron chi connectivity index (χ1n) is 5.32. The van der Waals surface area contributed by atoms with Crippen molar-refractivity contribution in [1.82, 2.24) is 0 Å². The van der Waals surface area contributed by atoms with Gasteiger partial charge in [-0.05, 0) is 37.0 Å². The normalized spacial score (nSPS) is 16.6. The number of hydrogen-bond acceptors (Lipinski definition) is 3. The minimum absolute atomic E-state index is 0.328. The standard InChI is InChI=1S/C12H13ClN2O/c13-10-4-3-9(6-14)11(5-10)15-7-12(16)8-1-2-8/h3-5,8,12,15-16H,1-2,7H2. The molecule has 0 aliphatic heterocycles. The minimum atomic E-state index is -0.328. The van der Waals surface area contributed by atoms with Gasteiger partial charge in [0.15, 0.2) is 0 Å². The van der Waals surface area contributed by atoms with Crippen molar-refractivity contribution >= 4 is 17.3 Å². The third-order valence-electron chi connectivity index (χ3n) is 2.77. The molecule has 0 radical (unpaired) electrons. The molecule has 1 aliphatic carbocycles. The molecule has 0 spiro atoms. The van der Waals surface area contributed by atoms with Crippen LogP contribution in [0.2, 0.25) is 5.02 Å². The van der Waals surface area contributed by atoms with Crippen molar-refractivity contribution < 1.29 is 5.11 Å². The Bertz CT molecular complexity index is 424. The SMILES string of the molecule is N#Cc1ccc(Cl)cc1NCC(O)C1CC1. The van der Waals surface area contributed by atoms with Gasteiger partial charge in [0, 0.05) is 11.6 Å². The Kier molecular flexibility index (Phi) is 3.33. The van der Waals surface area contributed by atoms with Gasteiger partial charge in [-0.1, -0.05) is 11.6 Å². The van der Waals surface area contributed by atoms with Crippen LogP contribution in [0.1, 0.15) is 18.4 Å². The van der Waals surface area contributed by atoms with Crippen LogP contribution in [0.4, 0.5) is 5.69 Å². The highest BCUT2D eigenvalue weighted by Gasteiger charge is 2.29. The highest BCUT2D eigenvalue weighted by molar-refractivity contribution is 6.30. The molecule has 1 fully saturated rings. The van der Waals surface area contributed by atoms with Gasteiger partial charge in [0.2, 0.25) is 0 Å². The van der Waals surface area contributed by atoms with E-state index in [1.54, 1.807) is 18.2 Å². The molecule has 16 heavy (non-hydrogen) atoms. The third-order valence-corrected chi connectivity index (χ3v) is 3.00. The van der Waals surface area contributed by atoms with Gasteiger partial charge in [0.25, 0.3) is 0 Å². The highest BCUT2D eigenvalue weighted by Crippen LogP contribution is 2.32. The molecule has 0 heterocycles. The molecule has 1 unspecified atom stereocenters. The van der Waals surface area contributed by atoms with Gasteiger partial charge in [-0.15, -0.1) is 0 Å². The molecular formula is C12H13ClN2O. The number of nitrogens with zero attached hydrogens (tertiary/aromatic N) is 1. The van der Waals surface area contributed by atoms with Gasteiger partial charge in [-0.25, -0.2) is 0 Å². The van der Waals surface area contributed by atoms with Gasteiger partial charge in [-0.2, -0.15) is 5.26 Å². The molecule has 1 atom stereocenters. The Balaban J connectivity index is 2.02. The summed E-state index contributed by atoms with van der Waals surface area (Å²) in [5.41, 5.74) is 1.24. The van der Waals surface area contributed by atoms with Crippen molar-refractivity contribution in [2.75, 3.05) is 11.9 Å². The van der Waals surface area contributed by atoms with Crippen LogP contribution >= 0.6 is 11.6 Å². The average Bonchev–Trinajstić information content (AvgIpc) is 3.10. The summed E-state index contributed by atoms with van der Waals surface area (Å²) in [6.07, 6.45) is 1.87. The fraction of sp³-hybridized carbons (Fsp3) is 0.417. The molecule has 0 saturated heterocycles. The lowest BCUT2D eigenvalue weighted by molar-refractivity contribution is 0.164. The first-order chi connectivity index (χ1) is 7.70. The lowest BCUT2D eigenvalue weighted by atomic mass is 10.1. The quantitative estimate of drug-likeness (QED) is 0.844. The van der Waals surface area contributed by atoms with E-state index in [0.717, 1.165) is 12.8 Å². The Labute approximate surface area is 99.7 Å². The van der Waals surface area contributed by atoms with Crippen LogP contribution in [0.15, 0.2) is 18.2 Å². The first kappa shape index (κ1) is 11.3. The van der Waals surface area contributed by atoms with Crippen molar-refractivity contribution in [1.29, 1.82) is 5.26 Å². The van der Waals surface area contributed by atoms with Crippen LogP contribution in [0, 0.1) is 17.2 Å². The number of anilines is 1. The molecule has 84 valence electrons. The predicted octanol–water partition coefficient (Wildman–Crippen LogP) is 2.39. The van der Waals surface area contributed by atoms with Crippen molar-refractivity contribution in [2.24, 2.45) is 5.92 Å². The summed E-state index contributed by atoms with van der Waals surface area (Å²) in [5.74, 6) is 0.428. The van der Waals surface area contributed by atoms with E-state index in [0.29, 0.717) is 28.7 Å². The van der Waals surface area contributed by atoms with E-state index < -0.39 is 0 Å². The second-order valence-corrected chi connectivity index (χ2v) is 4.52. The fourth-order valence-corrected chi connectivity index (χ4v) is 1.79. The first-order valence-corrected chi connectivity index (χ1v) is 5.70. The number of nitrogens with one attached hydrogen (secondary N) is 1. The third kappa shape index (κ3) is 2.66. The van der Waals surface area contributed by atoms with Crippen molar-refractivity contribution in [3.8, 4) is 6.07 Å². The molecule has 1 aromatic carbocycles. The second kappa shape index (κ2) is 4.73. The van der Waals surface area contributed by atoms with Crippen LogP contribution in [0.5, 0.6) is 0 Å². The molecule has 2 N–H and O–H groups in total. The van der Waals surface area contributed by atoms with Gasteiger partial charge in [-0.3, -0.25) is 0 Å². The zero-order chi connectivity index (χ0) is 11.5. The lowest BCUT2D eigenvalue weighted by Crippen LogP contribution is -2.21. The molecule has 0 bridgehead atoms. The maximum absolute atomic E-state index is 9.70. The number of rotatable bonds is 4. The Morgan fingerprint density at radius 2 is 2.31 bits per heavy atom. The summed E-state index contributed by atoms with van der Waals surface area (Å²) in [6.45, 7) is 0.472. The number of benzene rings is 1. The smallest absolute Gasteiger partial charge is 0.101 e. The van der Waals surface area contributed by atoms with E-state index >= 15 is 0 Å². The van der Waals surface area contributed by atoms with Crippen LogP contribution < -0.4 is 5.32 Å². The summed E-state index contributed by atoms with van der Waals surface area (Å²) in [5, 5.41) is 22.3. The summed E-state index contributed by atoms with van der Waals surface area (Å²) in [6, 6.07) is 7.15. The molecule has 1 aromatic rings. The van der Waals surface area contributed by atoms with Gasteiger partial charge in [0.05, 0.1) is 17.4 Å². The van der Waals surface area contributed by atoms with E-state index in [1.807, 2.05) is 0 Å². The number of aliphatic hydroxyl groups is 1. The predicted molar refractivity (Wildman–Crippen MR) is 63.4 cm³/mol. The maximum atomic E-state index is 9.70. The fourth-order valence-electron chi connectivity index (χ4n) is 1.62. The number of nitriles is 1. The molecule has 0 amide bonds. The highest BCUT2D eigenvalue weighted by atomic mass is 35.5. The molecule has 2 rings (SSSR count). The van der Waals surface area contributed by atoms with E-state index in [-0.39, 0.29) is 6.10 Å². The van der Waals surface area contributed by atoms with E-state index in [1.165, 1.54) is 0 Å². The second-order valence-electron chi connectivity index (χ2n) is 4.09. The summed E-state index contributed by atoms with van der Waals surface area (Å²) < 4.78 is 0. The zero-order valence-corrected chi connectivity index (χ0v) is 9.54. The van der Waals surface area contributed by atoms with E-state index in [4.69, 9.17) is 16.9 Å². The summed E-state index contributed by atoms with van der Waals surface area (Å²) in [4.78, 5) is 0. The number of aliphatic hydroxyl groups excluding tert-OH is 1. The molecule has 0 aromatic heterocycles. The summed E-state index contributed by atoms with van der Waals surface area (Å²) >= 11 is 5.85. The van der Waals surface area contributed by atoms with Crippen LogP contribution in [-0.4, -0.2) is 17.8 Å². The van der Waals surface area contributed by atoms with Crippen molar-refractivity contribution in [3.63, 3.8) is 0 Å². The zero-order valence-electron chi connectivity index (χ0n) is 8.78. The number of hydrogen-bond donors (Lipinski definition) is 2. The summed E-state index contributed by atoms with van der Waals surface area (Å²) in [7, 11) is 0. The van der Waals surface area contributed by atoms with E-state index in [9.17, 15) is 5.11 Å². The Morgan fingerprint density at radius 1 is 1.56 bits per heavy atom. The van der Waals surface area contributed by atoms with Gasteiger partial charge >= 0.3 is 0 Å². The molecule has 1 aliphatic rings. The van der Waals surface area contributed by atoms with Gasteiger partial charge in [0.1, 0.15) is 6.07 Å². The monoisotopic (exact) mass is 236 g/mol. The lowest BCUT2D eigenvalue weighted by Gasteiger charge is -2.12. The van der Waals surface area contributed by atoms with Crippen LogP contribution in [0.25, 0.3) is 0 Å². The molecule has 3 nitrogen and oxygen atoms in total. The largest absolute Gasteiger partial charge is 0.391 e. The Hall–Kier alpha value is -1.24. The number of halogens is 1. The van der Waals surface area contributed by atoms with Crippen molar-refractivity contribution in [2.45, 2.75) is 18.9 Å². The van der Waals surface area contributed by atoms with Gasteiger partial charge < -0.3 is 10.4 Å². The maximum Gasteiger partial charge on any atom is 0.101 e.